The maximum Gasteiger partial charge on any atom is 0.0305 e. The van der Waals surface area contributed by atoms with Crippen LogP contribution >= 0.6 is 11.3 Å². The SMILES string of the molecule is CCCn1ccc(CNCc2sccc2C)c1. The Hall–Kier alpha value is -1.06. The molecule has 0 bridgehead atoms. The van der Waals surface area contributed by atoms with Crippen LogP contribution in [-0.2, 0) is 19.6 Å². The lowest BCUT2D eigenvalue weighted by Gasteiger charge is -2.02. The molecule has 0 saturated heterocycles. The standard InChI is InChI=1S/C14H20N2S/c1-3-6-16-7-4-13(11-16)9-15-10-14-12(2)5-8-17-14/h4-5,7-8,11,15H,3,6,9-10H2,1-2H3. The van der Waals surface area contributed by atoms with Crippen molar-refractivity contribution >= 4 is 11.3 Å². The second-order valence-electron chi connectivity index (χ2n) is 4.39. The summed E-state index contributed by atoms with van der Waals surface area (Å²) < 4.78 is 2.26. The van der Waals surface area contributed by atoms with E-state index in [1.54, 1.807) is 0 Å². The van der Waals surface area contributed by atoms with Crippen LogP contribution in [0.5, 0.6) is 0 Å². The van der Waals surface area contributed by atoms with Gasteiger partial charge in [0.05, 0.1) is 0 Å². The minimum Gasteiger partial charge on any atom is -0.354 e. The molecule has 0 amide bonds. The Kier molecular flexibility index (Phi) is 4.40. The van der Waals surface area contributed by atoms with Gasteiger partial charge in [0.2, 0.25) is 0 Å². The molecule has 0 aliphatic heterocycles. The summed E-state index contributed by atoms with van der Waals surface area (Å²) in [5.74, 6) is 0. The maximum absolute atomic E-state index is 3.50. The van der Waals surface area contributed by atoms with Crippen LogP contribution in [-0.4, -0.2) is 4.57 Å². The minimum absolute atomic E-state index is 0.952. The van der Waals surface area contributed by atoms with Crippen molar-refractivity contribution in [2.24, 2.45) is 0 Å². The zero-order chi connectivity index (χ0) is 12.1. The Morgan fingerprint density at radius 1 is 1.29 bits per heavy atom. The first kappa shape index (κ1) is 12.4. The highest BCUT2D eigenvalue weighted by Gasteiger charge is 2.00. The van der Waals surface area contributed by atoms with Gasteiger partial charge in [-0.1, -0.05) is 6.92 Å². The van der Waals surface area contributed by atoms with Crippen molar-refractivity contribution in [2.75, 3.05) is 0 Å². The fourth-order valence-electron chi connectivity index (χ4n) is 1.90. The molecule has 0 fully saturated rings. The van der Waals surface area contributed by atoms with Crippen molar-refractivity contribution in [3.8, 4) is 0 Å². The molecule has 0 aromatic carbocycles. The van der Waals surface area contributed by atoms with Crippen molar-refractivity contribution in [2.45, 2.75) is 39.9 Å². The molecule has 0 aliphatic carbocycles. The van der Waals surface area contributed by atoms with Gasteiger partial charge in [0.1, 0.15) is 0 Å². The largest absolute Gasteiger partial charge is 0.354 e. The Labute approximate surface area is 107 Å². The average molecular weight is 248 g/mol. The van der Waals surface area contributed by atoms with Crippen molar-refractivity contribution in [1.82, 2.24) is 9.88 Å². The molecule has 2 rings (SSSR count). The van der Waals surface area contributed by atoms with Gasteiger partial charge in [-0.25, -0.2) is 0 Å². The Morgan fingerprint density at radius 3 is 2.88 bits per heavy atom. The second kappa shape index (κ2) is 6.03. The second-order valence-corrected chi connectivity index (χ2v) is 5.39. The normalized spacial score (nSPS) is 10.9. The Balaban J connectivity index is 1.80. The van der Waals surface area contributed by atoms with Gasteiger partial charge in [0.15, 0.2) is 0 Å². The Bertz CT molecular complexity index is 456. The molecule has 0 aliphatic rings. The van der Waals surface area contributed by atoms with Crippen LogP contribution in [0.25, 0.3) is 0 Å². The van der Waals surface area contributed by atoms with Gasteiger partial charge >= 0.3 is 0 Å². The predicted molar refractivity (Wildman–Crippen MR) is 74.3 cm³/mol. The van der Waals surface area contributed by atoms with Crippen LogP contribution in [0.2, 0.25) is 0 Å². The molecular formula is C14H20N2S. The van der Waals surface area contributed by atoms with Gasteiger partial charge in [-0.3, -0.25) is 0 Å². The number of aryl methyl sites for hydroxylation is 2. The molecule has 0 unspecified atom stereocenters. The molecule has 1 N–H and O–H groups in total. The first-order chi connectivity index (χ1) is 8.29. The lowest BCUT2D eigenvalue weighted by atomic mass is 10.3. The van der Waals surface area contributed by atoms with Crippen LogP contribution in [0, 0.1) is 6.92 Å². The lowest BCUT2D eigenvalue weighted by Crippen LogP contribution is -2.11. The number of thiophene rings is 1. The smallest absolute Gasteiger partial charge is 0.0305 e. The zero-order valence-corrected chi connectivity index (χ0v) is 11.4. The number of rotatable bonds is 6. The van der Waals surface area contributed by atoms with Crippen LogP contribution in [0.15, 0.2) is 29.9 Å². The summed E-state index contributed by atoms with van der Waals surface area (Å²) in [6.45, 7) is 7.42. The van der Waals surface area contributed by atoms with E-state index < -0.39 is 0 Å². The van der Waals surface area contributed by atoms with E-state index in [1.165, 1.54) is 22.4 Å². The molecule has 0 atom stereocenters. The van der Waals surface area contributed by atoms with Gasteiger partial charge in [-0.15, -0.1) is 11.3 Å². The minimum atomic E-state index is 0.952. The van der Waals surface area contributed by atoms with Crippen molar-refractivity contribution in [3.05, 3.63) is 45.9 Å². The van der Waals surface area contributed by atoms with Gasteiger partial charge < -0.3 is 9.88 Å². The van der Waals surface area contributed by atoms with Crippen LogP contribution in [0.3, 0.4) is 0 Å². The summed E-state index contributed by atoms with van der Waals surface area (Å²) in [5.41, 5.74) is 2.76. The average Bonchev–Trinajstić information content (AvgIpc) is 2.90. The third kappa shape index (κ3) is 3.45. The fraction of sp³-hybridized carbons (Fsp3) is 0.429. The molecule has 3 heteroatoms. The summed E-state index contributed by atoms with van der Waals surface area (Å²) in [5, 5.41) is 5.65. The molecule has 17 heavy (non-hydrogen) atoms. The monoisotopic (exact) mass is 248 g/mol. The van der Waals surface area contributed by atoms with Crippen LogP contribution < -0.4 is 5.32 Å². The first-order valence-corrected chi connectivity index (χ1v) is 7.06. The van der Waals surface area contributed by atoms with E-state index >= 15 is 0 Å². The van der Waals surface area contributed by atoms with Gasteiger partial charge in [0.25, 0.3) is 0 Å². The number of aromatic nitrogens is 1. The first-order valence-electron chi connectivity index (χ1n) is 6.18. The summed E-state index contributed by atoms with van der Waals surface area (Å²) in [6, 6.07) is 4.38. The summed E-state index contributed by atoms with van der Waals surface area (Å²) >= 11 is 1.83. The summed E-state index contributed by atoms with van der Waals surface area (Å²) in [6.07, 6.45) is 5.59. The van der Waals surface area contributed by atoms with E-state index in [0.29, 0.717) is 0 Å². The number of hydrogen-bond acceptors (Lipinski definition) is 2. The van der Waals surface area contributed by atoms with Crippen molar-refractivity contribution in [1.29, 1.82) is 0 Å². The highest BCUT2D eigenvalue weighted by Crippen LogP contribution is 2.15. The van der Waals surface area contributed by atoms with Crippen molar-refractivity contribution < 1.29 is 0 Å². The third-order valence-electron chi connectivity index (χ3n) is 2.88. The number of nitrogens with one attached hydrogen (secondary N) is 1. The molecule has 92 valence electrons. The topological polar surface area (TPSA) is 17.0 Å². The predicted octanol–water partition coefficient (Wildman–Crippen LogP) is 3.56. The van der Waals surface area contributed by atoms with E-state index in [9.17, 15) is 0 Å². The lowest BCUT2D eigenvalue weighted by molar-refractivity contribution is 0.670. The van der Waals surface area contributed by atoms with E-state index in [4.69, 9.17) is 0 Å². The number of hydrogen-bond donors (Lipinski definition) is 1. The molecule has 0 radical (unpaired) electrons. The third-order valence-corrected chi connectivity index (χ3v) is 3.90. The van der Waals surface area contributed by atoms with E-state index in [-0.39, 0.29) is 0 Å². The quantitative estimate of drug-likeness (QED) is 0.827. The Morgan fingerprint density at radius 2 is 2.18 bits per heavy atom. The zero-order valence-electron chi connectivity index (χ0n) is 10.6. The molecule has 0 spiro atoms. The molecular weight excluding hydrogens is 228 g/mol. The van der Waals surface area contributed by atoms with Crippen LogP contribution in [0.4, 0.5) is 0 Å². The fourth-order valence-corrected chi connectivity index (χ4v) is 2.77. The molecule has 2 nitrogen and oxygen atoms in total. The molecule has 0 saturated carbocycles. The van der Waals surface area contributed by atoms with Crippen LogP contribution in [0.1, 0.15) is 29.3 Å². The van der Waals surface area contributed by atoms with Gasteiger partial charge in [0, 0.05) is 36.9 Å². The highest BCUT2D eigenvalue weighted by atomic mass is 32.1. The summed E-state index contributed by atoms with van der Waals surface area (Å²) in [4.78, 5) is 1.44. The summed E-state index contributed by atoms with van der Waals surface area (Å²) in [7, 11) is 0. The van der Waals surface area contributed by atoms with E-state index in [2.05, 4.69) is 53.6 Å². The molecule has 2 aromatic rings. The maximum atomic E-state index is 3.50. The van der Waals surface area contributed by atoms with Crippen molar-refractivity contribution in [3.63, 3.8) is 0 Å². The number of nitrogens with zero attached hydrogens (tertiary/aromatic N) is 1. The molecule has 2 aromatic heterocycles. The van der Waals surface area contributed by atoms with Gasteiger partial charge in [-0.2, -0.15) is 0 Å². The highest BCUT2D eigenvalue weighted by molar-refractivity contribution is 7.10. The van der Waals surface area contributed by atoms with Gasteiger partial charge in [-0.05, 0) is 42.0 Å². The molecule has 2 heterocycles. The van der Waals surface area contributed by atoms with E-state index in [0.717, 1.165) is 19.6 Å². The van der Waals surface area contributed by atoms with E-state index in [1.807, 2.05) is 11.3 Å².